The molecule has 31 heavy (non-hydrogen) atoms. The lowest BCUT2D eigenvalue weighted by Gasteiger charge is -2.38. The Kier molecular flexibility index (Phi) is 4.52. The largest absolute Gasteiger partial charge is 0.497 e. The summed E-state index contributed by atoms with van der Waals surface area (Å²) in [6.07, 6.45) is 5.57. The van der Waals surface area contributed by atoms with E-state index in [9.17, 15) is 5.26 Å². The van der Waals surface area contributed by atoms with Crippen LogP contribution in [0.5, 0.6) is 5.75 Å². The molecule has 158 valence electrons. The summed E-state index contributed by atoms with van der Waals surface area (Å²) in [6.45, 7) is 2.47. The van der Waals surface area contributed by atoms with Gasteiger partial charge in [0.1, 0.15) is 34.6 Å². The molecule has 1 spiro atoms. The number of rotatable bonds is 4. The molecule has 0 saturated carbocycles. The molecule has 2 aliphatic rings. The molecule has 2 saturated heterocycles. The van der Waals surface area contributed by atoms with Gasteiger partial charge in [-0.05, 0) is 12.5 Å². The summed E-state index contributed by atoms with van der Waals surface area (Å²) in [7, 11) is 3.49. The molecule has 2 aliphatic heterocycles. The van der Waals surface area contributed by atoms with Crippen molar-refractivity contribution in [3.05, 3.63) is 36.2 Å². The van der Waals surface area contributed by atoms with Crippen LogP contribution in [0.2, 0.25) is 0 Å². The minimum Gasteiger partial charge on any atom is -0.497 e. The average Bonchev–Trinajstić information content (AvgIpc) is 3.39. The summed E-state index contributed by atoms with van der Waals surface area (Å²) in [5.74, 6) is 2.07. The zero-order valence-corrected chi connectivity index (χ0v) is 17.5. The minimum absolute atomic E-state index is 0.0521. The summed E-state index contributed by atoms with van der Waals surface area (Å²) in [5.41, 5.74) is 8.32. The number of nitrogen functional groups attached to an aromatic ring is 1. The SMILES string of the molecule is COc1cc(-c2nc(-c3nccn3C)cc(N)c2C#N)nc(N2CCC3(CCO3)C2)c1. The van der Waals surface area contributed by atoms with E-state index in [1.54, 1.807) is 25.4 Å². The Morgan fingerprint density at radius 2 is 2.06 bits per heavy atom. The first kappa shape index (κ1) is 19.3. The Morgan fingerprint density at radius 3 is 2.68 bits per heavy atom. The van der Waals surface area contributed by atoms with Gasteiger partial charge in [-0.1, -0.05) is 0 Å². The maximum atomic E-state index is 9.78. The van der Waals surface area contributed by atoms with Crippen molar-refractivity contribution in [1.82, 2.24) is 19.5 Å². The summed E-state index contributed by atoms with van der Waals surface area (Å²) in [5, 5.41) is 9.78. The van der Waals surface area contributed by atoms with Crippen LogP contribution >= 0.6 is 0 Å². The minimum atomic E-state index is -0.0521. The van der Waals surface area contributed by atoms with Crippen LogP contribution in [0.3, 0.4) is 0 Å². The molecule has 3 aromatic rings. The van der Waals surface area contributed by atoms with E-state index >= 15 is 0 Å². The Labute approximate surface area is 180 Å². The van der Waals surface area contributed by atoms with Crippen molar-refractivity contribution in [2.24, 2.45) is 7.05 Å². The van der Waals surface area contributed by atoms with Gasteiger partial charge in [0.15, 0.2) is 5.82 Å². The molecular weight excluding hydrogens is 394 g/mol. The van der Waals surface area contributed by atoms with Gasteiger partial charge in [-0.15, -0.1) is 0 Å². The monoisotopic (exact) mass is 417 g/mol. The third-order valence-corrected chi connectivity index (χ3v) is 6.08. The number of imidazole rings is 1. The molecule has 0 amide bonds. The molecule has 0 bridgehead atoms. The van der Waals surface area contributed by atoms with E-state index in [0.29, 0.717) is 34.3 Å². The normalized spacial score (nSPS) is 20.0. The number of pyridine rings is 2. The third kappa shape index (κ3) is 3.25. The highest BCUT2D eigenvalue weighted by Crippen LogP contribution is 2.39. The van der Waals surface area contributed by atoms with Gasteiger partial charge in [0.2, 0.25) is 0 Å². The van der Waals surface area contributed by atoms with E-state index in [4.69, 9.17) is 25.2 Å². The van der Waals surface area contributed by atoms with Crippen molar-refractivity contribution in [2.75, 3.05) is 37.4 Å². The molecule has 5 rings (SSSR count). The Bertz CT molecular complexity index is 1190. The lowest BCUT2D eigenvalue weighted by molar-refractivity contribution is -0.130. The maximum Gasteiger partial charge on any atom is 0.158 e. The Morgan fingerprint density at radius 1 is 1.23 bits per heavy atom. The van der Waals surface area contributed by atoms with Crippen LogP contribution in [-0.2, 0) is 11.8 Å². The van der Waals surface area contributed by atoms with Crippen LogP contribution in [0.25, 0.3) is 22.9 Å². The topological polar surface area (TPSA) is 115 Å². The van der Waals surface area contributed by atoms with Crippen molar-refractivity contribution < 1.29 is 9.47 Å². The number of anilines is 2. The first-order valence-corrected chi connectivity index (χ1v) is 10.2. The molecule has 5 heterocycles. The van der Waals surface area contributed by atoms with Gasteiger partial charge in [-0.2, -0.15) is 5.26 Å². The fraction of sp³-hybridized carbons (Fsp3) is 0.364. The molecule has 2 fully saturated rings. The molecule has 9 heteroatoms. The summed E-state index contributed by atoms with van der Waals surface area (Å²) in [6, 6.07) is 7.53. The van der Waals surface area contributed by atoms with Gasteiger partial charge in [-0.25, -0.2) is 15.0 Å². The molecule has 9 nitrogen and oxygen atoms in total. The van der Waals surface area contributed by atoms with Crippen molar-refractivity contribution in [3.8, 4) is 34.7 Å². The number of aryl methyl sites for hydroxylation is 1. The van der Waals surface area contributed by atoms with Gasteiger partial charge in [0.05, 0.1) is 30.7 Å². The lowest BCUT2D eigenvalue weighted by Crippen LogP contribution is -2.46. The molecular formula is C22H23N7O2. The number of methoxy groups -OCH3 is 1. The van der Waals surface area contributed by atoms with Gasteiger partial charge in [-0.3, -0.25) is 0 Å². The van der Waals surface area contributed by atoms with E-state index in [0.717, 1.165) is 38.4 Å². The van der Waals surface area contributed by atoms with Crippen molar-refractivity contribution in [1.29, 1.82) is 5.26 Å². The van der Waals surface area contributed by atoms with Crippen LogP contribution < -0.4 is 15.4 Å². The van der Waals surface area contributed by atoms with E-state index in [2.05, 4.69) is 16.0 Å². The quantitative estimate of drug-likeness (QED) is 0.688. The second-order valence-electron chi connectivity index (χ2n) is 8.00. The van der Waals surface area contributed by atoms with Crippen molar-refractivity contribution >= 4 is 11.5 Å². The zero-order valence-electron chi connectivity index (χ0n) is 17.5. The van der Waals surface area contributed by atoms with Crippen LogP contribution in [0, 0.1) is 11.3 Å². The highest BCUT2D eigenvalue weighted by Gasteiger charge is 2.44. The van der Waals surface area contributed by atoms with Crippen molar-refractivity contribution in [3.63, 3.8) is 0 Å². The van der Waals surface area contributed by atoms with Gasteiger partial charge < -0.3 is 24.7 Å². The van der Waals surface area contributed by atoms with Crippen LogP contribution in [-0.4, -0.2) is 51.9 Å². The summed E-state index contributed by atoms with van der Waals surface area (Å²) >= 11 is 0. The van der Waals surface area contributed by atoms with E-state index in [-0.39, 0.29) is 11.2 Å². The molecule has 1 atom stereocenters. The number of nitrogens with two attached hydrogens (primary N) is 1. The number of ether oxygens (including phenoxy) is 2. The van der Waals surface area contributed by atoms with Crippen LogP contribution in [0.15, 0.2) is 30.6 Å². The fourth-order valence-electron chi connectivity index (χ4n) is 4.24. The lowest BCUT2D eigenvalue weighted by atomic mass is 9.94. The molecule has 0 aromatic carbocycles. The molecule has 2 N–H and O–H groups in total. The number of nitrogens with zero attached hydrogens (tertiary/aromatic N) is 6. The molecule has 0 aliphatic carbocycles. The predicted molar refractivity (Wildman–Crippen MR) is 115 cm³/mol. The summed E-state index contributed by atoms with van der Waals surface area (Å²) < 4.78 is 13.2. The fourth-order valence-corrected chi connectivity index (χ4v) is 4.24. The van der Waals surface area contributed by atoms with Gasteiger partial charge >= 0.3 is 0 Å². The maximum absolute atomic E-state index is 9.78. The molecule has 0 radical (unpaired) electrons. The smallest absolute Gasteiger partial charge is 0.158 e. The highest BCUT2D eigenvalue weighted by atomic mass is 16.5. The first-order valence-electron chi connectivity index (χ1n) is 10.2. The van der Waals surface area contributed by atoms with E-state index in [1.807, 2.05) is 23.9 Å². The van der Waals surface area contributed by atoms with Crippen LogP contribution in [0.4, 0.5) is 11.5 Å². The number of hydrogen-bond donors (Lipinski definition) is 1. The summed E-state index contributed by atoms with van der Waals surface area (Å²) in [4.78, 5) is 16.1. The number of aromatic nitrogens is 4. The first-order chi connectivity index (χ1) is 15.0. The van der Waals surface area contributed by atoms with E-state index < -0.39 is 0 Å². The predicted octanol–water partition coefficient (Wildman–Crippen LogP) is 2.38. The zero-order chi connectivity index (χ0) is 21.6. The molecule has 3 aromatic heterocycles. The van der Waals surface area contributed by atoms with Crippen molar-refractivity contribution in [2.45, 2.75) is 18.4 Å². The van der Waals surface area contributed by atoms with E-state index in [1.165, 1.54) is 0 Å². The average molecular weight is 417 g/mol. The second-order valence-corrected chi connectivity index (χ2v) is 8.00. The van der Waals surface area contributed by atoms with Gasteiger partial charge in [0.25, 0.3) is 0 Å². The standard InChI is InChI=1S/C22H23N7O2/c1-28-7-5-25-21(28)18-11-16(24)15(12-23)20(27-18)17-9-14(30-2)10-19(26-17)29-6-3-22(13-29)4-8-31-22/h5,7,9-11H,3-4,6,8,13H2,1-2H3,(H2,24,27). The number of hydrogen-bond acceptors (Lipinski definition) is 8. The second kappa shape index (κ2) is 7.25. The van der Waals surface area contributed by atoms with Gasteiger partial charge in [0, 0.05) is 51.1 Å². The third-order valence-electron chi connectivity index (χ3n) is 6.08. The Hall–Kier alpha value is -3.64. The van der Waals surface area contributed by atoms with Crippen LogP contribution in [0.1, 0.15) is 18.4 Å². The Balaban J connectivity index is 1.62. The number of nitriles is 1. The molecule has 1 unspecified atom stereocenters. The highest BCUT2D eigenvalue weighted by molar-refractivity contribution is 5.77.